The summed E-state index contributed by atoms with van der Waals surface area (Å²) in [6.07, 6.45) is 2.15. The zero-order chi connectivity index (χ0) is 10.6. The van der Waals surface area contributed by atoms with Crippen molar-refractivity contribution >= 4 is 28.2 Å². The van der Waals surface area contributed by atoms with Gasteiger partial charge in [-0.25, -0.2) is 4.98 Å². The quantitative estimate of drug-likeness (QED) is 0.841. The van der Waals surface area contributed by atoms with Crippen LogP contribution in [0.4, 0.5) is 5.13 Å². The monoisotopic (exact) mass is 230 g/mol. The fourth-order valence-corrected chi connectivity index (χ4v) is 2.66. The van der Waals surface area contributed by atoms with Gasteiger partial charge in [0.1, 0.15) is 0 Å². The number of rotatable bonds is 5. The van der Waals surface area contributed by atoms with E-state index in [4.69, 9.17) is 0 Å². The predicted octanol–water partition coefficient (Wildman–Crippen LogP) is 3.17. The van der Waals surface area contributed by atoms with Gasteiger partial charge in [0.2, 0.25) is 0 Å². The largest absolute Gasteiger partial charge is 0.361 e. The molecule has 0 bridgehead atoms. The Labute approximate surface area is 94.5 Å². The molecule has 1 heterocycles. The highest BCUT2D eigenvalue weighted by molar-refractivity contribution is 7.98. The molecule has 14 heavy (non-hydrogen) atoms. The number of thioether (sulfide) groups is 1. The SMILES string of the molecule is CSCC(C)CNc1nc(C)c(C)s1. The molecule has 0 aliphatic rings. The van der Waals surface area contributed by atoms with Gasteiger partial charge in [-0.15, -0.1) is 11.3 Å². The Kier molecular flexibility index (Phi) is 4.75. The van der Waals surface area contributed by atoms with E-state index in [1.54, 1.807) is 11.3 Å². The molecular weight excluding hydrogens is 212 g/mol. The molecule has 4 heteroatoms. The van der Waals surface area contributed by atoms with Crippen LogP contribution in [0, 0.1) is 19.8 Å². The molecule has 80 valence electrons. The Morgan fingerprint density at radius 3 is 2.71 bits per heavy atom. The zero-order valence-corrected chi connectivity index (χ0v) is 10.9. The molecule has 0 saturated heterocycles. The van der Waals surface area contributed by atoms with Crippen LogP contribution in [0.5, 0.6) is 0 Å². The lowest BCUT2D eigenvalue weighted by Crippen LogP contribution is -2.12. The Hall–Kier alpha value is -0.220. The van der Waals surface area contributed by atoms with Crippen LogP contribution in [0.2, 0.25) is 0 Å². The summed E-state index contributed by atoms with van der Waals surface area (Å²) in [7, 11) is 0. The average molecular weight is 230 g/mol. The van der Waals surface area contributed by atoms with Gasteiger partial charge in [0, 0.05) is 11.4 Å². The molecule has 0 aliphatic carbocycles. The molecule has 1 aromatic rings. The van der Waals surface area contributed by atoms with Crippen LogP contribution >= 0.6 is 23.1 Å². The second kappa shape index (κ2) is 5.61. The summed E-state index contributed by atoms with van der Waals surface area (Å²) < 4.78 is 0. The number of nitrogens with one attached hydrogen (secondary N) is 1. The topological polar surface area (TPSA) is 24.9 Å². The van der Waals surface area contributed by atoms with Gasteiger partial charge in [-0.2, -0.15) is 11.8 Å². The maximum absolute atomic E-state index is 4.44. The van der Waals surface area contributed by atoms with E-state index in [0.717, 1.165) is 17.4 Å². The Bertz CT molecular complexity index is 264. The summed E-state index contributed by atoms with van der Waals surface area (Å²) in [6, 6.07) is 0. The number of hydrogen-bond acceptors (Lipinski definition) is 4. The second-order valence-electron chi connectivity index (χ2n) is 3.60. The van der Waals surface area contributed by atoms with Gasteiger partial charge in [-0.1, -0.05) is 6.92 Å². The van der Waals surface area contributed by atoms with E-state index in [2.05, 4.69) is 37.3 Å². The summed E-state index contributed by atoms with van der Waals surface area (Å²) in [6.45, 7) is 7.45. The highest BCUT2D eigenvalue weighted by atomic mass is 32.2. The fraction of sp³-hybridized carbons (Fsp3) is 0.700. The van der Waals surface area contributed by atoms with E-state index < -0.39 is 0 Å². The van der Waals surface area contributed by atoms with Crippen molar-refractivity contribution in [2.45, 2.75) is 20.8 Å². The molecule has 1 atom stereocenters. The minimum Gasteiger partial charge on any atom is -0.361 e. The van der Waals surface area contributed by atoms with Crippen LogP contribution in [0.25, 0.3) is 0 Å². The normalized spacial score (nSPS) is 12.9. The Balaban J connectivity index is 2.38. The van der Waals surface area contributed by atoms with E-state index in [1.165, 1.54) is 10.6 Å². The lowest BCUT2D eigenvalue weighted by Gasteiger charge is -2.09. The van der Waals surface area contributed by atoms with E-state index in [0.29, 0.717) is 5.92 Å². The van der Waals surface area contributed by atoms with E-state index in [9.17, 15) is 0 Å². The van der Waals surface area contributed by atoms with Gasteiger partial charge in [-0.3, -0.25) is 0 Å². The van der Waals surface area contributed by atoms with E-state index in [-0.39, 0.29) is 0 Å². The molecule has 0 radical (unpaired) electrons. The third-order valence-electron chi connectivity index (χ3n) is 2.08. The molecule has 2 nitrogen and oxygen atoms in total. The Morgan fingerprint density at radius 2 is 2.21 bits per heavy atom. The van der Waals surface area contributed by atoms with Crippen LogP contribution in [-0.4, -0.2) is 23.5 Å². The van der Waals surface area contributed by atoms with Crippen LogP contribution in [0.15, 0.2) is 0 Å². The van der Waals surface area contributed by atoms with Gasteiger partial charge in [0.25, 0.3) is 0 Å². The van der Waals surface area contributed by atoms with E-state index >= 15 is 0 Å². The van der Waals surface area contributed by atoms with Gasteiger partial charge in [-0.05, 0) is 31.8 Å². The third-order valence-corrected chi connectivity index (χ3v) is 4.01. The minimum atomic E-state index is 0.703. The molecule has 0 amide bonds. The van der Waals surface area contributed by atoms with Crippen molar-refractivity contribution in [1.82, 2.24) is 4.98 Å². The molecular formula is C10H18N2S2. The van der Waals surface area contributed by atoms with Crippen molar-refractivity contribution in [2.75, 3.05) is 23.9 Å². The van der Waals surface area contributed by atoms with Crippen molar-refractivity contribution in [2.24, 2.45) is 5.92 Å². The minimum absolute atomic E-state index is 0.703. The summed E-state index contributed by atoms with van der Waals surface area (Å²) >= 11 is 3.64. The third kappa shape index (κ3) is 3.50. The van der Waals surface area contributed by atoms with Gasteiger partial charge < -0.3 is 5.32 Å². The van der Waals surface area contributed by atoms with E-state index in [1.807, 2.05) is 11.8 Å². The van der Waals surface area contributed by atoms with Crippen LogP contribution < -0.4 is 5.32 Å². The average Bonchev–Trinajstić information content (AvgIpc) is 2.44. The van der Waals surface area contributed by atoms with Gasteiger partial charge in [0.05, 0.1) is 5.69 Å². The molecule has 0 fully saturated rings. The molecule has 1 N–H and O–H groups in total. The first-order valence-corrected chi connectivity index (χ1v) is 7.01. The van der Waals surface area contributed by atoms with Crippen LogP contribution in [0.1, 0.15) is 17.5 Å². The van der Waals surface area contributed by atoms with Crippen molar-refractivity contribution in [3.05, 3.63) is 10.6 Å². The standard InChI is InChI=1S/C10H18N2S2/c1-7(6-13-4)5-11-10-12-8(2)9(3)14-10/h7H,5-6H2,1-4H3,(H,11,12). The highest BCUT2D eigenvalue weighted by Gasteiger charge is 2.05. The van der Waals surface area contributed by atoms with Crippen molar-refractivity contribution in [3.63, 3.8) is 0 Å². The molecule has 1 rings (SSSR count). The molecule has 0 spiro atoms. The number of hydrogen-bond donors (Lipinski definition) is 1. The number of thiazole rings is 1. The molecule has 0 aromatic carbocycles. The lowest BCUT2D eigenvalue weighted by atomic mass is 10.2. The Morgan fingerprint density at radius 1 is 1.50 bits per heavy atom. The predicted molar refractivity (Wildman–Crippen MR) is 67.6 cm³/mol. The number of nitrogens with zero attached hydrogens (tertiary/aromatic N) is 1. The van der Waals surface area contributed by atoms with Crippen LogP contribution in [-0.2, 0) is 0 Å². The zero-order valence-electron chi connectivity index (χ0n) is 9.26. The van der Waals surface area contributed by atoms with Gasteiger partial charge in [0.15, 0.2) is 5.13 Å². The van der Waals surface area contributed by atoms with Crippen molar-refractivity contribution in [3.8, 4) is 0 Å². The molecule has 1 unspecified atom stereocenters. The lowest BCUT2D eigenvalue weighted by molar-refractivity contribution is 0.701. The first-order chi connectivity index (χ1) is 6.63. The fourth-order valence-electron chi connectivity index (χ4n) is 1.15. The summed E-state index contributed by atoms with van der Waals surface area (Å²) in [5, 5.41) is 4.45. The van der Waals surface area contributed by atoms with Crippen molar-refractivity contribution < 1.29 is 0 Å². The first kappa shape index (κ1) is 11.9. The molecule has 1 aromatic heterocycles. The highest BCUT2D eigenvalue weighted by Crippen LogP contribution is 2.21. The number of anilines is 1. The first-order valence-electron chi connectivity index (χ1n) is 4.80. The molecule has 0 aliphatic heterocycles. The van der Waals surface area contributed by atoms with Crippen LogP contribution in [0.3, 0.4) is 0 Å². The maximum Gasteiger partial charge on any atom is 0.183 e. The summed E-state index contributed by atoms with van der Waals surface area (Å²) in [5.74, 6) is 1.91. The number of aromatic nitrogens is 1. The maximum atomic E-state index is 4.44. The smallest absolute Gasteiger partial charge is 0.183 e. The molecule has 0 saturated carbocycles. The second-order valence-corrected chi connectivity index (χ2v) is 5.72. The number of aryl methyl sites for hydroxylation is 2. The van der Waals surface area contributed by atoms with Crippen molar-refractivity contribution in [1.29, 1.82) is 0 Å². The summed E-state index contributed by atoms with van der Waals surface area (Å²) in [5.41, 5.74) is 1.15. The summed E-state index contributed by atoms with van der Waals surface area (Å²) in [4.78, 5) is 5.75. The van der Waals surface area contributed by atoms with Gasteiger partial charge >= 0.3 is 0 Å².